The zero-order valence-corrected chi connectivity index (χ0v) is 9.06. The summed E-state index contributed by atoms with van der Waals surface area (Å²) in [4.78, 5) is 3.15. The number of H-pyrrole nitrogens is 1. The van der Waals surface area contributed by atoms with Gasteiger partial charge in [0.05, 0.1) is 5.69 Å². The highest BCUT2D eigenvalue weighted by atomic mass is 32.1. The molecule has 0 amide bonds. The number of aromatic amines is 1. The number of hydrogen-bond acceptors (Lipinski definition) is 2. The summed E-state index contributed by atoms with van der Waals surface area (Å²) in [7, 11) is 1.91. The van der Waals surface area contributed by atoms with Gasteiger partial charge in [-0.3, -0.25) is 9.25 Å². The Labute approximate surface area is 86.9 Å². The van der Waals surface area contributed by atoms with Crippen LogP contribution in [0.4, 0.5) is 0 Å². The Morgan fingerprint density at radius 3 is 3.00 bits per heavy atom. The van der Waals surface area contributed by atoms with Gasteiger partial charge in [0.25, 0.3) is 0 Å². The molecule has 1 N–H and O–H groups in total. The smallest absolute Gasteiger partial charge is 0.179 e. The number of imidazole rings is 1. The number of rotatable bonds is 2. The summed E-state index contributed by atoms with van der Waals surface area (Å²) in [5.74, 6) is 0. The van der Waals surface area contributed by atoms with Crippen molar-refractivity contribution in [3.8, 4) is 0 Å². The Bertz CT molecular complexity index is 543. The van der Waals surface area contributed by atoms with Crippen molar-refractivity contribution in [2.45, 2.75) is 13.5 Å². The minimum Gasteiger partial charge on any atom is -0.328 e. The maximum atomic E-state index is 5.21. The van der Waals surface area contributed by atoms with Crippen LogP contribution in [-0.4, -0.2) is 19.3 Å². The standard InChI is InChI=1S/C9H12N4S/c1-4-5-13-8-7(10-9(13)14)6(2)11-12(8)3/h4H,1,5H2,2-3H3,(H,10,14). The van der Waals surface area contributed by atoms with Gasteiger partial charge >= 0.3 is 0 Å². The van der Waals surface area contributed by atoms with Crippen molar-refractivity contribution in [3.05, 3.63) is 23.1 Å². The largest absolute Gasteiger partial charge is 0.328 e. The van der Waals surface area contributed by atoms with Crippen LogP contribution in [-0.2, 0) is 13.6 Å². The van der Waals surface area contributed by atoms with Gasteiger partial charge in [0.1, 0.15) is 5.52 Å². The number of fused-ring (bicyclic) bond motifs is 1. The summed E-state index contributed by atoms with van der Waals surface area (Å²) in [6.45, 7) is 6.38. The maximum absolute atomic E-state index is 5.21. The number of aromatic nitrogens is 4. The first-order chi connectivity index (χ1) is 6.65. The third-order valence-electron chi connectivity index (χ3n) is 2.24. The highest BCUT2D eigenvalue weighted by molar-refractivity contribution is 7.71. The normalized spacial score (nSPS) is 11.0. The summed E-state index contributed by atoms with van der Waals surface area (Å²) in [5, 5.41) is 4.32. The molecule has 0 bridgehead atoms. The van der Waals surface area contributed by atoms with Gasteiger partial charge in [-0.2, -0.15) is 5.10 Å². The van der Waals surface area contributed by atoms with Crippen molar-refractivity contribution in [2.75, 3.05) is 0 Å². The van der Waals surface area contributed by atoms with Gasteiger partial charge in [-0.05, 0) is 19.1 Å². The van der Waals surface area contributed by atoms with E-state index in [4.69, 9.17) is 12.2 Å². The van der Waals surface area contributed by atoms with E-state index in [0.717, 1.165) is 21.6 Å². The minimum atomic E-state index is 0.706. The average molecular weight is 208 g/mol. The third kappa shape index (κ3) is 1.13. The second kappa shape index (κ2) is 3.09. The molecule has 2 aromatic heterocycles. The van der Waals surface area contributed by atoms with Crippen molar-refractivity contribution in [2.24, 2.45) is 7.05 Å². The predicted octanol–water partition coefficient (Wildman–Crippen LogP) is 1.93. The zero-order valence-electron chi connectivity index (χ0n) is 8.24. The van der Waals surface area contributed by atoms with E-state index in [1.165, 1.54) is 0 Å². The highest BCUT2D eigenvalue weighted by Crippen LogP contribution is 2.16. The summed E-state index contributed by atoms with van der Waals surface area (Å²) in [6.07, 6.45) is 1.82. The lowest BCUT2D eigenvalue weighted by Gasteiger charge is -1.99. The molecule has 74 valence electrons. The van der Waals surface area contributed by atoms with Crippen LogP contribution in [0.3, 0.4) is 0 Å². The average Bonchev–Trinajstić information content (AvgIpc) is 2.56. The van der Waals surface area contributed by atoms with Gasteiger partial charge in [0.2, 0.25) is 0 Å². The molecular weight excluding hydrogens is 196 g/mol. The van der Waals surface area contributed by atoms with Crippen LogP contribution in [0.25, 0.3) is 11.2 Å². The fourth-order valence-electron chi connectivity index (χ4n) is 1.67. The fraction of sp³-hybridized carbons (Fsp3) is 0.333. The molecule has 4 nitrogen and oxygen atoms in total. The Hall–Kier alpha value is -1.36. The van der Waals surface area contributed by atoms with E-state index in [9.17, 15) is 0 Å². The number of allylic oxidation sites excluding steroid dienone is 1. The number of hydrogen-bond donors (Lipinski definition) is 1. The monoisotopic (exact) mass is 208 g/mol. The fourth-order valence-corrected chi connectivity index (χ4v) is 1.93. The van der Waals surface area contributed by atoms with Gasteiger partial charge in [-0.1, -0.05) is 6.08 Å². The molecular formula is C9H12N4S. The van der Waals surface area contributed by atoms with E-state index in [2.05, 4.69) is 16.7 Å². The maximum Gasteiger partial charge on any atom is 0.179 e. The molecule has 0 atom stereocenters. The van der Waals surface area contributed by atoms with Crippen LogP contribution < -0.4 is 0 Å². The van der Waals surface area contributed by atoms with E-state index in [-0.39, 0.29) is 0 Å². The second-order valence-corrected chi connectivity index (χ2v) is 3.62. The molecule has 0 aliphatic carbocycles. The Morgan fingerprint density at radius 2 is 2.36 bits per heavy atom. The van der Waals surface area contributed by atoms with Gasteiger partial charge < -0.3 is 4.98 Å². The molecule has 0 aliphatic heterocycles. The van der Waals surface area contributed by atoms with Gasteiger partial charge in [0, 0.05) is 13.6 Å². The molecule has 0 aliphatic rings. The molecule has 0 aromatic carbocycles. The Balaban J connectivity index is 2.86. The molecule has 0 spiro atoms. The van der Waals surface area contributed by atoms with Gasteiger partial charge in [0.15, 0.2) is 10.4 Å². The summed E-state index contributed by atoms with van der Waals surface area (Å²) in [5.41, 5.74) is 3.00. The summed E-state index contributed by atoms with van der Waals surface area (Å²) in [6, 6.07) is 0. The topological polar surface area (TPSA) is 38.5 Å². The first-order valence-corrected chi connectivity index (χ1v) is 4.79. The van der Waals surface area contributed by atoms with Crippen molar-refractivity contribution < 1.29 is 0 Å². The quantitative estimate of drug-likeness (QED) is 0.605. The van der Waals surface area contributed by atoms with Crippen LogP contribution in [0, 0.1) is 11.7 Å². The number of nitrogens with one attached hydrogen (secondary N) is 1. The number of nitrogens with zero attached hydrogens (tertiary/aromatic N) is 3. The molecule has 2 aromatic rings. The molecule has 5 heteroatoms. The Morgan fingerprint density at radius 1 is 1.64 bits per heavy atom. The van der Waals surface area contributed by atoms with Crippen LogP contribution >= 0.6 is 12.2 Å². The molecule has 0 saturated heterocycles. The van der Waals surface area contributed by atoms with Crippen molar-refractivity contribution >= 4 is 23.4 Å². The molecule has 0 radical (unpaired) electrons. The van der Waals surface area contributed by atoms with E-state index in [1.807, 2.05) is 29.3 Å². The second-order valence-electron chi connectivity index (χ2n) is 3.24. The van der Waals surface area contributed by atoms with E-state index in [0.29, 0.717) is 6.54 Å². The van der Waals surface area contributed by atoms with Crippen LogP contribution in [0.1, 0.15) is 5.69 Å². The van der Waals surface area contributed by atoms with Crippen molar-refractivity contribution in [1.29, 1.82) is 0 Å². The molecule has 2 heterocycles. The Kier molecular flexibility index (Phi) is 2.03. The first-order valence-electron chi connectivity index (χ1n) is 4.38. The third-order valence-corrected chi connectivity index (χ3v) is 2.56. The lowest BCUT2D eigenvalue weighted by atomic mass is 10.4. The summed E-state index contributed by atoms with van der Waals surface area (Å²) >= 11 is 5.21. The van der Waals surface area contributed by atoms with E-state index < -0.39 is 0 Å². The molecule has 0 fully saturated rings. The summed E-state index contributed by atoms with van der Waals surface area (Å²) < 4.78 is 4.54. The van der Waals surface area contributed by atoms with E-state index >= 15 is 0 Å². The molecule has 0 unspecified atom stereocenters. The van der Waals surface area contributed by atoms with Crippen LogP contribution in [0.5, 0.6) is 0 Å². The number of aryl methyl sites for hydroxylation is 2. The van der Waals surface area contributed by atoms with Crippen molar-refractivity contribution in [1.82, 2.24) is 19.3 Å². The zero-order chi connectivity index (χ0) is 10.3. The molecule has 2 rings (SSSR count). The van der Waals surface area contributed by atoms with Gasteiger partial charge in [-0.15, -0.1) is 6.58 Å². The SMILES string of the molecule is C=CCn1c(=S)[nH]c2c(C)nn(C)c21. The molecule has 14 heavy (non-hydrogen) atoms. The minimum absolute atomic E-state index is 0.706. The van der Waals surface area contributed by atoms with Gasteiger partial charge in [-0.25, -0.2) is 0 Å². The highest BCUT2D eigenvalue weighted by Gasteiger charge is 2.10. The van der Waals surface area contributed by atoms with Crippen molar-refractivity contribution in [3.63, 3.8) is 0 Å². The van der Waals surface area contributed by atoms with Crippen LogP contribution in [0.2, 0.25) is 0 Å². The lowest BCUT2D eigenvalue weighted by Crippen LogP contribution is -2.01. The van der Waals surface area contributed by atoms with Crippen LogP contribution in [0.15, 0.2) is 12.7 Å². The lowest BCUT2D eigenvalue weighted by molar-refractivity contribution is 0.722. The molecule has 0 saturated carbocycles. The predicted molar refractivity (Wildman–Crippen MR) is 58.8 cm³/mol. The van der Waals surface area contributed by atoms with E-state index in [1.54, 1.807) is 0 Å². The first kappa shape index (κ1) is 9.21.